The van der Waals surface area contributed by atoms with Crippen LogP contribution in [0.2, 0.25) is 0 Å². The Morgan fingerprint density at radius 1 is 1.14 bits per heavy atom. The van der Waals surface area contributed by atoms with Crippen molar-refractivity contribution >= 4 is 0 Å². The molecule has 1 heterocycles. The fraction of sp³-hybridized carbons (Fsp3) is 0.444. The third-order valence-electron chi connectivity index (χ3n) is 4.48. The summed E-state index contributed by atoms with van der Waals surface area (Å²) in [5, 5.41) is 0. The van der Waals surface area contributed by atoms with Crippen molar-refractivity contribution in [3.63, 3.8) is 0 Å². The highest BCUT2D eigenvalue weighted by Crippen LogP contribution is 2.28. The summed E-state index contributed by atoms with van der Waals surface area (Å²) >= 11 is 0. The maximum absolute atomic E-state index is 13.1. The molecule has 0 aliphatic heterocycles. The zero-order chi connectivity index (χ0) is 15.5. The van der Waals surface area contributed by atoms with Crippen LogP contribution in [0.15, 0.2) is 30.5 Å². The first-order valence-corrected chi connectivity index (χ1v) is 7.79. The number of aromatic nitrogens is 1. The summed E-state index contributed by atoms with van der Waals surface area (Å²) in [4.78, 5) is 0. The van der Waals surface area contributed by atoms with Gasteiger partial charge in [0.2, 0.25) is 0 Å². The summed E-state index contributed by atoms with van der Waals surface area (Å²) in [7, 11) is 0. The zero-order valence-corrected chi connectivity index (χ0v) is 12.8. The average molecular weight is 305 g/mol. The Morgan fingerprint density at radius 2 is 1.86 bits per heavy atom. The number of rotatable bonds is 6. The minimum absolute atomic E-state index is 0.210. The van der Waals surface area contributed by atoms with Crippen LogP contribution < -0.4 is 0 Å². The normalized spacial score (nSPS) is 15.0. The molecule has 1 saturated carbocycles. The topological polar surface area (TPSA) is 14.2 Å². The van der Waals surface area contributed by atoms with E-state index in [1.165, 1.54) is 37.1 Å². The van der Waals surface area contributed by atoms with Gasteiger partial charge in [-0.1, -0.05) is 6.42 Å². The number of benzene rings is 1. The fourth-order valence-electron chi connectivity index (χ4n) is 2.87. The molecule has 0 amide bonds. The van der Waals surface area contributed by atoms with E-state index in [1.807, 2.05) is 0 Å². The lowest BCUT2D eigenvalue weighted by molar-refractivity contribution is 0.106. The van der Waals surface area contributed by atoms with Gasteiger partial charge in [0, 0.05) is 24.5 Å². The monoisotopic (exact) mass is 305 g/mol. The van der Waals surface area contributed by atoms with E-state index in [2.05, 4.69) is 23.8 Å². The molecule has 0 N–H and O–H groups in total. The molecule has 1 aromatic carbocycles. The lowest BCUT2D eigenvalue weighted by atomic mass is 9.85. The summed E-state index contributed by atoms with van der Waals surface area (Å²) in [6.07, 6.45) is 6.11. The number of ether oxygens (including phenoxy) is 1. The van der Waals surface area contributed by atoms with Crippen molar-refractivity contribution in [2.45, 2.75) is 45.9 Å². The minimum atomic E-state index is -0.568. The molecule has 0 radical (unpaired) electrons. The van der Waals surface area contributed by atoms with Gasteiger partial charge in [-0.15, -0.1) is 0 Å². The van der Waals surface area contributed by atoms with E-state index >= 15 is 0 Å². The quantitative estimate of drug-likeness (QED) is 0.761. The van der Waals surface area contributed by atoms with Gasteiger partial charge in [0.1, 0.15) is 11.6 Å². The van der Waals surface area contributed by atoms with Crippen molar-refractivity contribution in [3.8, 4) is 0 Å². The van der Waals surface area contributed by atoms with Crippen molar-refractivity contribution in [1.29, 1.82) is 0 Å². The second kappa shape index (κ2) is 6.61. The standard InChI is InChI=1S/C18H21F2NO/c1-13-16(5-6-21(13)10-14-3-2-4-14)12-22-11-15-7-17(19)9-18(20)8-15/h5-9,14H,2-4,10-12H2,1H3. The fourth-order valence-corrected chi connectivity index (χ4v) is 2.87. The van der Waals surface area contributed by atoms with E-state index in [9.17, 15) is 8.78 Å². The molecule has 2 aromatic rings. The lowest BCUT2D eigenvalue weighted by Gasteiger charge is -2.26. The van der Waals surface area contributed by atoms with Gasteiger partial charge in [0.25, 0.3) is 0 Å². The summed E-state index contributed by atoms with van der Waals surface area (Å²) < 4.78 is 34.1. The highest BCUT2D eigenvalue weighted by atomic mass is 19.1. The van der Waals surface area contributed by atoms with Crippen LogP contribution in [0.5, 0.6) is 0 Å². The molecule has 0 bridgehead atoms. The molecule has 22 heavy (non-hydrogen) atoms. The zero-order valence-electron chi connectivity index (χ0n) is 12.8. The maximum Gasteiger partial charge on any atom is 0.126 e. The van der Waals surface area contributed by atoms with Crippen LogP contribution in [-0.4, -0.2) is 4.57 Å². The van der Waals surface area contributed by atoms with Crippen LogP contribution in [0.1, 0.15) is 36.1 Å². The van der Waals surface area contributed by atoms with Crippen molar-refractivity contribution in [2.75, 3.05) is 0 Å². The van der Waals surface area contributed by atoms with Gasteiger partial charge in [-0.25, -0.2) is 8.78 Å². The summed E-state index contributed by atoms with van der Waals surface area (Å²) in [5.74, 6) is -0.321. The second-order valence-corrected chi connectivity index (χ2v) is 6.15. The van der Waals surface area contributed by atoms with Gasteiger partial charge in [0.15, 0.2) is 0 Å². The molecule has 2 nitrogen and oxygen atoms in total. The largest absolute Gasteiger partial charge is 0.372 e. The lowest BCUT2D eigenvalue weighted by Crippen LogP contribution is -2.18. The molecule has 1 fully saturated rings. The molecule has 0 atom stereocenters. The van der Waals surface area contributed by atoms with E-state index in [-0.39, 0.29) is 6.61 Å². The molecule has 1 aromatic heterocycles. The molecule has 3 rings (SSSR count). The third kappa shape index (κ3) is 3.55. The van der Waals surface area contributed by atoms with Crippen molar-refractivity contribution in [3.05, 3.63) is 58.9 Å². The Kier molecular flexibility index (Phi) is 4.57. The molecule has 1 aliphatic carbocycles. The van der Waals surface area contributed by atoms with Crippen molar-refractivity contribution < 1.29 is 13.5 Å². The second-order valence-electron chi connectivity index (χ2n) is 6.15. The molecular weight excluding hydrogens is 284 g/mol. The molecule has 0 saturated heterocycles. The van der Waals surface area contributed by atoms with Crippen molar-refractivity contribution in [1.82, 2.24) is 4.57 Å². The first-order valence-electron chi connectivity index (χ1n) is 7.79. The van der Waals surface area contributed by atoms with E-state index in [0.717, 1.165) is 24.1 Å². The van der Waals surface area contributed by atoms with Crippen LogP contribution >= 0.6 is 0 Å². The maximum atomic E-state index is 13.1. The molecule has 4 heteroatoms. The Bertz CT molecular complexity index is 626. The van der Waals surface area contributed by atoms with Crippen LogP contribution in [0, 0.1) is 24.5 Å². The van der Waals surface area contributed by atoms with E-state index < -0.39 is 11.6 Å². The Hall–Kier alpha value is -1.68. The molecule has 0 unspecified atom stereocenters. The summed E-state index contributed by atoms with van der Waals surface area (Å²) in [6.45, 7) is 3.85. The van der Waals surface area contributed by atoms with Gasteiger partial charge in [-0.2, -0.15) is 0 Å². The van der Waals surface area contributed by atoms with Gasteiger partial charge >= 0.3 is 0 Å². The van der Waals surface area contributed by atoms with Gasteiger partial charge in [-0.05, 0) is 55.0 Å². The average Bonchev–Trinajstić information content (AvgIpc) is 2.74. The first kappa shape index (κ1) is 15.2. The van der Waals surface area contributed by atoms with Gasteiger partial charge in [0.05, 0.1) is 13.2 Å². The Labute approximate surface area is 129 Å². The van der Waals surface area contributed by atoms with E-state index in [4.69, 9.17) is 4.74 Å². The number of hydrogen-bond acceptors (Lipinski definition) is 1. The summed E-state index contributed by atoms with van der Waals surface area (Å²) in [6, 6.07) is 5.55. The minimum Gasteiger partial charge on any atom is -0.372 e. The van der Waals surface area contributed by atoms with Crippen LogP contribution in [-0.2, 0) is 24.5 Å². The molecule has 118 valence electrons. The van der Waals surface area contributed by atoms with Gasteiger partial charge in [-0.3, -0.25) is 0 Å². The SMILES string of the molecule is Cc1c(COCc2cc(F)cc(F)c2)ccn1CC1CCC1. The number of nitrogens with zero attached hydrogens (tertiary/aromatic N) is 1. The first-order chi connectivity index (χ1) is 10.6. The third-order valence-corrected chi connectivity index (χ3v) is 4.48. The van der Waals surface area contributed by atoms with E-state index in [1.54, 1.807) is 0 Å². The summed E-state index contributed by atoms with van der Waals surface area (Å²) in [5.41, 5.74) is 2.87. The molecular formula is C18H21F2NO. The van der Waals surface area contributed by atoms with Crippen molar-refractivity contribution in [2.24, 2.45) is 5.92 Å². The molecule has 1 aliphatic rings. The van der Waals surface area contributed by atoms with Crippen LogP contribution in [0.25, 0.3) is 0 Å². The molecule has 0 spiro atoms. The van der Waals surface area contributed by atoms with E-state index in [0.29, 0.717) is 12.2 Å². The Balaban J connectivity index is 1.54. The van der Waals surface area contributed by atoms with Crippen LogP contribution in [0.4, 0.5) is 8.78 Å². The number of hydrogen-bond donors (Lipinski definition) is 0. The predicted molar refractivity (Wildman–Crippen MR) is 81.4 cm³/mol. The number of halogens is 2. The highest BCUT2D eigenvalue weighted by molar-refractivity contribution is 5.21. The smallest absolute Gasteiger partial charge is 0.126 e. The highest BCUT2D eigenvalue weighted by Gasteiger charge is 2.18. The predicted octanol–water partition coefficient (Wildman–Crippen LogP) is 4.59. The van der Waals surface area contributed by atoms with Gasteiger partial charge < -0.3 is 9.30 Å². The van der Waals surface area contributed by atoms with Crippen LogP contribution in [0.3, 0.4) is 0 Å². The Morgan fingerprint density at radius 3 is 2.50 bits per heavy atom.